The van der Waals surface area contributed by atoms with Crippen molar-refractivity contribution in [3.63, 3.8) is 0 Å². The smallest absolute Gasteiger partial charge is 0.157 e. The molecule has 2 aromatic carbocycles. The van der Waals surface area contributed by atoms with Crippen molar-refractivity contribution < 1.29 is 0 Å². The Bertz CT molecular complexity index is 957. The summed E-state index contributed by atoms with van der Waals surface area (Å²) in [6.07, 6.45) is 1.60. The zero-order chi connectivity index (χ0) is 20.2. The van der Waals surface area contributed by atoms with E-state index >= 15 is 0 Å². The fourth-order valence-corrected chi connectivity index (χ4v) is 3.90. The maximum atomic E-state index is 6.49. The van der Waals surface area contributed by atoms with Gasteiger partial charge in [0.05, 0.1) is 0 Å². The van der Waals surface area contributed by atoms with E-state index in [2.05, 4.69) is 42.9 Å². The third-order valence-electron chi connectivity index (χ3n) is 5.22. The van der Waals surface area contributed by atoms with E-state index in [1.54, 1.807) is 6.33 Å². The van der Waals surface area contributed by atoms with Crippen molar-refractivity contribution >= 4 is 34.6 Å². The van der Waals surface area contributed by atoms with Gasteiger partial charge in [0.1, 0.15) is 12.0 Å². The van der Waals surface area contributed by atoms with Gasteiger partial charge in [-0.05, 0) is 23.8 Å². The van der Waals surface area contributed by atoms with Crippen LogP contribution in [0, 0.1) is 0 Å². The molecule has 0 aliphatic carbocycles. The largest absolute Gasteiger partial charge is 0.393 e. The van der Waals surface area contributed by atoms with E-state index in [-0.39, 0.29) is 0 Å². The normalized spacial score (nSPS) is 14.1. The molecule has 0 unspecified atom stereocenters. The number of nitrogens with two attached hydrogens (primary N) is 1. The summed E-state index contributed by atoms with van der Waals surface area (Å²) in [7, 11) is 2.01. The van der Waals surface area contributed by atoms with Crippen molar-refractivity contribution in [2.75, 3.05) is 53.7 Å². The van der Waals surface area contributed by atoms with E-state index in [1.807, 2.05) is 43.4 Å². The van der Waals surface area contributed by atoms with Gasteiger partial charge in [0, 0.05) is 50.5 Å². The van der Waals surface area contributed by atoms with Crippen molar-refractivity contribution in [3.05, 3.63) is 71.5 Å². The molecule has 0 spiro atoms. The molecule has 1 aliphatic heterocycles. The van der Waals surface area contributed by atoms with Gasteiger partial charge in [0.25, 0.3) is 0 Å². The number of nitrogen functional groups attached to an aromatic ring is 1. The SMILES string of the molecule is CN(Cc1ccccc1)c1ncnc(N2CCN(c3cccc(Cl)c3)CC2)c1N. The van der Waals surface area contributed by atoms with Crippen LogP contribution in [0.3, 0.4) is 0 Å². The fraction of sp³-hybridized carbons (Fsp3) is 0.273. The molecule has 0 bridgehead atoms. The molecule has 1 saturated heterocycles. The van der Waals surface area contributed by atoms with E-state index in [0.717, 1.165) is 55.1 Å². The monoisotopic (exact) mass is 408 g/mol. The first kappa shape index (κ1) is 19.3. The first-order valence-electron chi connectivity index (χ1n) is 9.73. The molecule has 0 radical (unpaired) electrons. The molecule has 6 nitrogen and oxygen atoms in total. The summed E-state index contributed by atoms with van der Waals surface area (Å²) in [6.45, 7) is 4.20. The average Bonchev–Trinajstić information content (AvgIpc) is 2.75. The molecule has 0 saturated carbocycles. The number of piperazine rings is 1. The Labute approximate surface area is 176 Å². The van der Waals surface area contributed by atoms with Crippen LogP contribution in [0.2, 0.25) is 5.02 Å². The fourth-order valence-electron chi connectivity index (χ4n) is 3.71. The minimum Gasteiger partial charge on any atom is -0.393 e. The molecule has 1 aromatic heterocycles. The molecule has 3 aromatic rings. The van der Waals surface area contributed by atoms with Crippen LogP contribution in [0.4, 0.5) is 23.0 Å². The Morgan fingerprint density at radius 2 is 1.69 bits per heavy atom. The lowest BCUT2D eigenvalue weighted by atomic mass is 10.2. The summed E-state index contributed by atoms with van der Waals surface area (Å²) in [4.78, 5) is 15.6. The minimum atomic E-state index is 0.627. The molecule has 29 heavy (non-hydrogen) atoms. The van der Waals surface area contributed by atoms with Crippen molar-refractivity contribution in [3.8, 4) is 0 Å². The summed E-state index contributed by atoms with van der Waals surface area (Å²) in [6, 6.07) is 18.3. The third-order valence-corrected chi connectivity index (χ3v) is 5.45. The Morgan fingerprint density at radius 3 is 2.41 bits per heavy atom. The second-order valence-corrected chi connectivity index (χ2v) is 7.67. The van der Waals surface area contributed by atoms with Gasteiger partial charge in [-0.2, -0.15) is 0 Å². The Balaban J connectivity index is 1.46. The highest BCUT2D eigenvalue weighted by Gasteiger charge is 2.22. The average molecular weight is 409 g/mol. The highest BCUT2D eigenvalue weighted by Crippen LogP contribution is 2.30. The summed E-state index contributed by atoms with van der Waals surface area (Å²) >= 11 is 6.14. The Kier molecular flexibility index (Phi) is 5.71. The predicted molar refractivity (Wildman–Crippen MR) is 121 cm³/mol. The predicted octanol–water partition coefficient (Wildman–Crippen LogP) is 3.68. The maximum Gasteiger partial charge on any atom is 0.157 e. The van der Waals surface area contributed by atoms with Gasteiger partial charge in [0.15, 0.2) is 11.6 Å². The minimum absolute atomic E-state index is 0.627. The van der Waals surface area contributed by atoms with Crippen molar-refractivity contribution in [1.29, 1.82) is 0 Å². The third kappa shape index (κ3) is 4.38. The quantitative estimate of drug-likeness (QED) is 0.695. The summed E-state index contributed by atoms with van der Waals surface area (Å²) in [5, 5.41) is 0.760. The number of halogens is 1. The van der Waals surface area contributed by atoms with Gasteiger partial charge < -0.3 is 20.4 Å². The highest BCUT2D eigenvalue weighted by molar-refractivity contribution is 6.30. The summed E-state index contributed by atoms with van der Waals surface area (Å²) < 4.78 is 0. The van der Waals surface area contributed by atoms with Gasteiger partial charge in [-0.15, -0.1) is 0 Å². The molecule has 4 rings (SSSR count). The Morgan fingerprint density at radius 1 is 0.966 bits per heavy atom. The lowest BCUT2D eigenvalue weighted by Crippen LogP contribution is -2.47. The first-order valence-corrected chi connectivity index (χ1v) is 10.1. The van der Waals surface area contributed by atoms with E-state index in [9.17, 15) is 0 Å². The van der Waals surface area contributed by atoms with Gasteiger partial charge in [-0.25, -0.2) is 9.97 Å². The van der Waals surface area contributed by atoms with Crippen LogP contribution in [0.1, 0.15) is 5.56 Å². The first-order chi connectivity index (χ1) is 14.1. The van der Waals surface area contributed by atoms with Crippen LogP contribution in [0.5, 0.6) is 0 Å². The summed E-state index contributed by atoms with van der Waals surface area (Å²) in [5.41, 5.74) is 9.48. The molecule has 150 valence electrons. The zero-order valence-electron chi connectivity index (χ0n) is 16.5. The number of benzene rings is 2. The van der Waals surface area contributed by atoms with Gasteiger partial charge in [-0.1, -0.05) is 48.0 Å². The van der Waals surface area contributed by atoms with Gasteiger partial charge >= 0.3 is 0 Å². The molecule has 2 heterocycles. The number of nitrogens with zero attached hydrogens (tertiary/aromatic N) is 5. The van der Waals surface area contributed by atoms with Crippen LogP contribution in [0.25, 0.3) is 0 Å². The van der Waals surface area contributed by atoms with E-state index in [1.165, 1.54) is 5.56 Å². The van der Waals surface area contributed by atoms with E-state index < -0.39 is 0 Å². The van der Waals surface area contributed by atoms with Crippen LogP contribution in [0.15, 0.2) is 60.9 Å². The molecule has 1 aliphatic rings. The molecule has 1 fully saturated rings. The topological polar surface area (TPSA) is 61.5 Å². The summed E-state index contributed by atoms with van der Waals surface area (Å²) in [5.74, 6) is 1.57. The number of rotatable bonds is 5. The standard InChI is InChI=1S/C22H25ClN6/c1-27(15-17-6-3-2-4-7-17)21-20(24)22(26-16-25-21)29-12-10-28(11-13-29)19-9-5-8-18(23)14-19/h2-9,14,16H,10-13,15,24H2,1H3. The Hall–Kier alpha value is -2.99. The number of hydrogen-bond acceptors (Lipinski definition) is 6. The lowest BCUT2D eigenvalue weighted by molar-refractivity contribution is 0.647. The molecule has 2 N–H and O–H groups in total. The molecule has 7 heteroatoms. The van der Waals surface area contributed by atoms with Crippen molar-refractivity contribution in [1.82, 2.24) is 9.97 Å². The molecular weight excluding hydrogens is 384 g/mol. The van der Waals surface area contributed by atoms with Crippen LogP contribution >= 0.6 is 11.6 Å². The van der Waals surface area contributed by atoms with Crippen molar-refractivity contribution in [2.24, 2.45) is 0 Å². The molecule has 0 atom stereocenters. The zero-order valence-corrected chi connectivity index (χ0v) is 17.3. The van der Waals surface area contributed by atoms with Crippen LogP contribution in [-0.2, 0) is 6.54 Å². The van der Waals surface area contributed by atoms with E-state index in [4.69, 9.17) is 17.3 Å². The second kappa shape index (κ2) is 8.57. The lowest BCUT2D eigenvalue weighted by Gasteiger charge is -2.37. The van der Waals surface area contributed by atoms with Crippen LogP contribution < -0.4 is 20.4 Å². The van der Waals surface area contributed by atoms with Crippen molar-refractivity contribution in [2.45, 2.75) is 6.54 Å². The maximum absolute atomic E-state index is 6.49. The number of hydrogen-bond donors (Lipinski definition) is 1. The molecular formula is C22H25ClN6. The number of aromatic nitrogens is 2. The highest BCUT2D eigenvalue weighted by atomic mass is 35.5. The van der Waals surface area contributed by atoms with Gasteiger partial charge in [0.2, 0.25) is 0 Å². The van der Waals surface area contributed by atoms with Crippen LogP contribution in [-0.4, -0.2) is 43.2 Å². The van der Waals surface area contributed by atoms with Gasteiger partial charge in [-0.3, -0.25) is 0 Å². The second-order valence-electron chi connectivity index (χ2n) is 7.23. The number of anilines is 4. The molecule has 0 amide bonds. The van der Waals surface area contributed by atoms with E-state index in [0.29, 0.717) is 5.69 Å².